The first kappa shape index (κ1) is 14.4. The monoisotopic (exact) mass is 262 g/mol. The summed E-state index contributed by atoms with van der Waals surface area (Å²) in [6.45, 7) is 5.16. The average Bonchev–Trinajstić information content (AvgIpc) is 2.84. The molecule has 1 aromatic carbocycles. The Morgan fingerprint density at radius 2 is 2.26 bits per heavy atom. The van der Waals surface area contributed by atoms with Gasteiger partial charge >= 0.3 is 0 Å². The predicted octanol–water partition coefficient (Wildman–Crippen LogP) is 2.36. The first-order valence-corrected chi connectivity index (χ1v) is 7.32. The Kier molecular flexibility index (Phi) is 5.23. The molecule has 2 rings (SSSR count). The molecule has 0 saturated carbocycles. The van der Waals surface area contributed by atoms with Crippen molar-refractivity contribution in [3.63, 3.8) is 0 Å². The fourth-order valence-corrected chi connectivity index (χ4v) is 3.11. The molecule has 1 aliphatic heterocycles. The van der Waals surface area contributed by atoms with Crippen LogP contribution in [-0.4, -0.2) is 37.7 Å². The lowest BCUT2D eigenvalue weighted by atomic mass is 10.0. The van der Waals surface area contributed by atoms with Gasteiger partial charge in [0.15, 0.2) is 0 Å². The maximum Gasteiger partial charge on any atom is 0.122 e. The zero-order chi connectivity index (χ0) is 13.7. The van der Waals surface area contributed by atoms with Crippen LogP contribution in [0.5, 0.6) is 5.75 Å². The highest BCUT2D eigenvalue weighted by atomic mass is 16.5. The molecule has 0 aliphatic carbocycles. The van der Waals surface area contributed by atoms with Crippen molar-refractivity contribution in [3.8, 4) is 5.75 Å². The van der Waals surface area contributed by atoms with E-state index in [2.05, 4.69) is 30.0 Å². The molecule has 0 aromatic heterocycles. The molecule has 1 fully saturated rings. The van der Waals surface area contributed by atoms with Crippen molar-refractivity contribution in [1.29, 1.82) is 0 Å². The summed E-state index contributed by atoms with van der Waals surface area (Å²) < 4.78 is 5.46. The van der Waals surface area contributed by atoms with Gasteiger partial charge in [0.2, 0.25) is 0 Å². The predicted molar refractivity (Wildman–Crippen MR) is 79.7 cm³/mol. The van der Waals surface area contributed by atoms with Crippen molar-refractivity contribution in [2.45, 2.75) is 38.6 Å². The van der Waals surface area contributed by atoms with Gasteiger partial charge in [-0.1, -0.05) is 17.7 Å². The molecular formula is C16H26N2O. The summed E-state index contributed by atoms with van der Waals surface area (Å²) in [5, 5.41) is 0. The molecular weight excluding hydrogens is 236 g/mol. The maximum atomic E-state index is 5.68. The Hall–Kier alpha value is -1.06. The van der Waals surface area contributed by atoms with Crippen molar-refractivity contribution in [2.24, 2.45) is 5.73 Å². The van der Waals surface area contributed by atoms with E-state index in [-0.39, 0.29) is 0 Å². The Morgan fingerprint density at radius 3 is 3.00 bits per heavy atom. The van der Waals surface area contributed by atoms with E-state index < -0.39 is 0 Å². The number of aryl methyl sites for hydroxylation is 2. The minimum absolute atomic E-state index is 0.703. The lowest BCUT2D eigenvalue weighted by Crippen LogP contribution is -2.34. The smallest absolute Gasteiger partial charge is 0.122 e. The number of nitrogens with two attached hydrogens (primary N) is 1. The van der Waals surface area contributed by atoms with Crippen molar-refractivity contribution in [2.75, 3.05) is 26.7 Å². The number of rotatable bonds is 6. The van der Waals surface area contributed by atoms with E-state index in [0.717, 1.165) is 25.3 Å². The summed E-state index contributed by atoms with van der Waals surface area (Å²) in [5.41, 5.74) is 8.32. The quantitative estimate of drug-likeness (QED) is 0.855. The third kappa shape index (κ3) is 3.71. The highest BCUT2D eigenvalue weighted by molar-refractivity contribution is 5.37. The van der Waals surface area contributed by atoms with Gasteiger partial charge in [-0.15, -0.1) is 0 Å². The summed E-state index contributed by atoms with van der Waals surface area (Å²) >= 11 is 0. The molecule has 2 N–H and O–H groups in total. The molecule has 1 atom stereocenters. The molecule has 1 unspecified atom stereocenters. The Balaban J connectivity index is 1.96. The van der Waals surface area contributed by atoms with Gasteiger partial charge < -0.3 is 10.5 Å². The number of ether oxygens (including phenoxy) is 1. The summed E-state index contributed by atoms with van der Waals surface area (Å²) in [6, 6.07) is 7.14. The molecule has 0 radical (unpaired) electrons. The Morgan fingerprint density at radius 1 is 1.42 bits per heavy atom. The molecule has 0 spiro atoms. The van der Waals surface area contributed by atoms with Crippen LogP contribution in [0.15, 0.2) is 18.2 Å². The van der Waals surface area contributed by atoms with E-state index in [1.807, 2.05) is 0 Å². The zero-order valence-corrected chi connectivity index (χ0v) is 12.2. The number of methoxy groups -OCH3 is 1. The van der Waals surface area contributed by atoms with Crippen LogP contribution in [0.4, 0.5) is 0 Å². The number of benzene rings is 1. The van der Waals surface area contributed by atoms with Crippen LogP contribution in [0.1, 0.15) is 30.4 Å². The van der Waals surface area contributed by atoms with E-state index in [9.17, 15) is 0 Å². The zero-order valence-electron chi connectivity index (χ0n) is 12.2. The topological polar surface area (TPSA) is 38.5 Å². The lowest BCUT2D eigenvalue weighted by molar-refractivity contribution is 0.249. The van der Waals surface area contributed by atoms with E-state index >= 15 is 0 Å². The van der Waals surface area contributed by atoms with Gasteiger partial charge in [0.1, 0.15) is 5.75 Å². The summed E-state index contributed by atoms with van der Waals surface area (Å²) in [4.78, 5) is 2.54. The van der Waals surface area contributed by atoms with Gasteiger partial charge in [-0.05, 0) is 50.8 Å². The third-order valence-electron chi connectivity index (χ3n) is 4.10. The second-order valence-electron chi connectivity index (χ2n) is 5.47. The average molecular weight is 262 g/mol. The SMILES string of the molecule is COc1ccc(C)cc1CCC1CCCN1CCN. The van der Waals surface area contributed by atoms with Crippen LogP contribution in [0, 0.1) is 6.92 Å². The van der Waals surface area contributed by atoms with E-state index in [1.165, 1.54) is 36.9 Å². The van der Waals surface area contributed by atoms with Crippen LogP contribution in [-0.2, 0) is 6.42 Å². The minimum Gasteiger partial charge on any atom is -0.496 e. The second-order valence-corrected chi connectivity index (χ2v) is 5.47. The van der Waals surface area contributed by atoms with Crippen LogP contribution in [0.2, 0.25) is 0 Å². The van der Waals surface area contributed by atoms with E-state index in [1.54, 1.807) is 7.11 Å². The lowest BCUT2D eigenvalue weighted by Gasteiger charge is -2.24. The summed E-state index contributed by atoms with van der Waals surface area (Å²) in [6.07, 6.45) is 4.93. The van der Waals surface area contributed by atoms with E-state index in [4.69, 9.17) is 10.5 Å². The molecule has 1 aromatic rings. The molecule has 3 heteroatoms. The Labute approximate surface area is 116 Å². The standard InChI is InChI=1S/C16H26N2O/c1-13-5-8-16(19-2)14(12-13)6-7-15-4-3-10-18(15)11-9-17/h5,8,12,15H,3-4,6-7,9-11,17H2,1-2H3. The minimum atomic E-state index is 0.703. The fraction of sp³-hybridized carbons (Fsp3) is 0.625. The highest BCUT2D eigenvalue weighted by Gasteiger charge is 2.23. The molecule has 1 aliphatic rings. The highest BCUT2D eigenvalue weighted by Crippen LogP contribution is 2.25. The third-order valence-corrected chi connectivity index (χ3v) is 4.10. The Bertz CT molecular complexity index is 406. The molecule has 1 heterocycles. The number of likely N-dealkylation sites (tertiary alicyclic amines) is 1. The van der Waals surface area contributed by atoms with Gasteiger partial charge in [0, 0.05) is 19.1 Å². The molecule has 106 valence electrons. The number of nitrogens with zero attached hydrogens (tertiary/aromatic N) is 1. The van der Waals surface area contributed by atoms with Crippen LogP contribution in [0.3, 0.4) is 0 Å². The maximum absolute atomic E-state index is 5.68. The van der Waals surface area contributed by atoms with E-state index in [0.29, 0.717) is 6.04 Å². The van der Waals surface area contributed by atoms with Crippen molar-refractivity contribution < 1.29 is 4.74 Å². The molecule has 0 amide bonds. The van der Waals surface area contributed by atoms with Gasteiger partial charge in [0.05, 0.1) is 7.11 Å². The first-order chi connectivity index (χ1) is 9.24. The van der Waals surface area contributed by atoms with Crippen LogP contribution >= 0.6 is 0 Å². The molecule has 19 heavy (non-hydrogen) atoms. The summed E-state index contributed by atoms with van der Waals surface area (Å²) in [5.74, 6) is 1.02. The van der Waals surface area contributed by atoms with Gasteiger partial charge in [-0.2, -0.15) is 0 Å². The molecule has 0 bridgehead atoms. The largest absolute Gasteiger partial charge is 0.496 e. The van der Waals surface area contributed by atoms with Crippen molar-refractivity contribution in [1.82, 2.24) is 4.90 Å². The normalized spacial score (nSPS) is 19.8. The summed E-state index contributed by atoms with van der Waals surface area (Å²) in [7, 11) is 1.75. The number of hydrogen-bond acceptors (Lipinski definition) is 3. The fourth-order valence-electron chi connectivity index (χ4n) is 3.11. The van der Waals surface area contributed by atoms with Gasteiger partial charge in [-0.3, -0.25) is 4.90 Å². The molecule has 3 nitrogen and oxygen atoms in total. The van der Waals surface area contributed by atoms with Crippen molar-refractivity contribution >= 4 is 0 Å². The van der Waals surface area contributed by atoms with Crippen LogP contribution in [0.25, 0.3) is 0 Å². The van der Waals surface area contributed by atoms with Crippen molar-refractivity contribution in [3.05, 3.63) is 29.3 Å². The van der Waals surface area contributed by atoms with Gasteiger partial charge in [-0.25, -0.2) is 0 Å². The second kappa shape index (κ2) is 6.92. The van der Waals surface area contributed by atoms with Gasteiger partial charge in [0.25, 0.3) is 0 Å². The molecule has 1 saturated heterocycles. The number of hydrogen-bond donors (Lipinski definition) is 1. The first-order valence-electron chi connectivity index (χ1n) is 7.32. The van der Waals surface area contributed by atoms with Crippen LogP contribution < -0.4 is 10.5 Å².